The zero-order chi connectivity index (χ0) is 21.9. The Bertz CT molecular complexity index is 1040. The van der Waals surface area contributed by atoms with E-state index in [9.17, 15) is 18.0 Å². The SMILES string of the molecule is COC(=O)c1ccc(S(=O)(=O)N2CCN(CC(=O)Nc3cc(C)on3)CC2)c(C)c1. The van der Waals surface area contributed by atoms with Crippen LogP contribution in [0.5, 0.6) is 0 Å². The molecule has 162 valence electrons. The fourth-order valence-electron chi connectivity index (χ4n) is 3.26. The summed E-state index contributed by atoms with van der Waals surface area (Å²) >= 11 is 0. The van der Waals surface area contributed by atoms with Crippen molar-refractivity contribution in [1.82, 2.24) is 14.4 Å². The molecule has 0 radical (unpaired) electrons. The van der Waals surface area contributed by atoms with E-state index in [1.54, 1.807) is 19.9 Å². The zero-order valence-corrected chi connectivity index (χ0v) is 17.9. The van der Waals surface area contributed by atoms with Gasteiger partial charge in [-0.15, -0.1) is 0 Å². The molecule has 1 aliphatic heterocycles. The predicted octanol–water partition coefficient (Wildman–Crippen LogP) is 1.02. The quantitative estimate of drug-likeness (QED) is 0.666. The molecule has 11 heteroatoms. The highest BCUT2D eigenvalue weighted by atomic mass is 32.2. The number of hydrogen-bond donors (Lipinski definition) is 1. The average Bonchev–Trinajstić information content (AvgIpc) is 3.11. The van der Waals surface area contributed by atoms with Gasteiger partial charge >= 0.3 is 5.97 Å². The van der Waals surface area contributed by atoms with E-state index >= 15 is 0 Å². The number of amides is 1. The number of sulfonamides is 1. The first-order valence-corrected chi connectivity index (χ1v) is 10.8. The van der Waals surface area contributed by atoms with Crippen molar-refractivity contribution in [3.05, 3.63) is 41.2 Å². The number of anilines is 1. The van der Waals surface area contributed by atoms with E-state index in [0.717, 1.165) is 0 Å². The molecule has 0 spiro atoms. The second-order valence-electron chi connectivity index (χ2n) is 7.02. The summed E-state index contributed by atoms with van der Waals surface area (Å²) < 4.78 is 37.0. The van der Waals surface area contributed by atoms with E-state index in [2.05, 4.69) is 15.2 Å². The predicted molar refractivity (Wildman–Crippen MR) is 108 cm³/mol. The van der Waals surface area contributed by atoms with Crippen LogP contribution in [0.2, 0.25) is 0 Å². The first-order valence-electron chi connectivity index (χ1n) is 9.35. The third-order valence-electron chi connectivity index (χ3n) is 4.81. The lowest BCUT2D eigenvalue weighted by atomic mass is 10.1. The smallest absolute Gasteiger partial charge is 0.337 e. The van der Waals surface area contributed by atoms with Crippen LogP contribution in [0, 0.1) is 13.8 Å². The summed E-state index contributed by atoms with van der Waals surface area (Å²) in [6, 6.07) is 6.00. The van der Waals surface area contributed by atoms with Crippen molar-refractivity contribution in [3.63, 3.8) is 0 Å². The number of rotatable bonds is 6. The Morgan fingerprint density at radius 1 is 1.17 bits per heavy atom. The molecule has 1 N–H and O–H groups in total. The minimum Gasteiger partial charge on any atom is -0.465 e. The molecular weight excluding hydrogens is 412 g/mol. The summed E-state index contributed by atoms with van der Waals surface area (Å²) in [5.74, 6) is 0.187. The minimum absolute atomic E-state index is 0.132. The molecule has 2 heterocycles. The maximum Gasteiger partial charge on any atom is 0.337 e. The van der Waals surface area contributed by atoms with Crippen LogP contribution in [0.1, 0.15) is 21.7 Å². The van der Waals surface area contributed by atoms with E-state index < -0.39 is 16.0 Å². The van der Waals surface area contributed by atoms with Crippen LogP contribution in [-0.4, -0.2) is 74.5 Å². The molecule has 0 atom stereocenters. The van der Waals surface area contributed by atoms with Gasteiger partial charge in [-0.3, -0.25) is 9.69 Å². The zero-order valence-electron chi connectivity index (χ0n) is 17.0. The van der Waals surface area contributed by atoms with Crippen molar-refractivity contribution in [1.29, 1.82) is 0 Å². The Morgan fingerprint density at radius 2 is 1.87 bits per heavy atom. The molecule has 1 fully saturated rings. The van der Waals surface area contributed by atoms with E-state index in [0.29, 0.717) is 35.8 Å². The monoisotopic (exact) mass is 436 g/mol. The maximum atomic E-state index is 13.0. The van der Waals surface area contributed by atoms with Crippen LogP contribution in [0.4, 0.5) is 5.82 Å². The number of carbonyl (C=O) groups is 2. The van der Waals surface area contributed by atoms with Gasteiger partial charge in [0, 0.05) is 32.2 Å². The van der Waals surface area contributed by atoms with Gasteiger partial charge in [0.25, 0.3) is 0 Å². The first-order chi connectivity index (χ1) is 14.2. The number of esters is 1. The Balaban J connectivity index is 1.59. The molecule has 0 saturated carbocycles. The highest BCUT2D eigenvalue weighted by Crippen LogP contribution is 2.22. The van der Waals surface area contributed by atoms with Gasteiger partial charge < -0.3 is 14.6 Å². The molecule has 1 aliphatic rings. The van der Waals surface area contributed by atoms with Crippen LogP contribution in [0.25, 0.3) is 0 Å². The summed E-state index contributed by atoms with van der Waals surface area (Å²) in [5.41, 5.74) is 0.773. The van der Waals surface area contributed by atoms with Crippen molar-refractivity contribution in [2.24, 2.45) is 0 Å². The third kappa shape index (κ3) is 4.86. The van der Waals surface area contributed by atoms with Gasteiger partial charge in [-0.1, -0.05) is 5.16 Å². The van der Waals surface area contributed by atoms with Gasteiger partial charge in [0.15, 0.2) is 5.82 Å². The standard InChI is InChI=1S/C19H24N4O6S/c1-13-10-15(19(25)28-3)4-5-16(13)30(26,27)23-8-6-22(7-9-23)12-18(24)20-17-11-14(2)29-21-17/h4-5,10-11H,6-9,12H2,1-3H3,(H,20,21,24). The highest BCUT2D eigenvalue weighted by molar-refractivity contribution is 7.89. The molecule has 0 aliphatic carbocycles. The lowest BCUT2D eigenvalue weighted by Crippen LogP contribution is -2.50. The first kappa shape index (κ1) is 21.9. The molecule has 0 unspecified atom stereocenters. The molecule has 30 heavy (non-hydrogen) atoms. The lowest BCUT2D eigenvalue weighted by Gasteiger charge is -2.33. The van der Waals surface area contributed by atoms with Gasteiger partial charge in [0.1, 0.15) is 5.76 Å². The fraction of sp³-hybridized carbons (Fsp3) is 0.421. The van der Waals surface area contributed by atoms with Gasteiger partial charge in [0.05, 0.1) is 24.1 Å². The summed E-state index contributed by atoms with van der Waals surface area (Å²) in [6.07, 6.45) is 0. The number of benzene rings is 1. The number of carbonyl (C=O) groups excluding carboxylic acids is 2. The molecule has 1 saturated heterocycles. The molecular formula is C19H24N4O6S. The van der Waals surface area contributed by atoms with Crippen molar-refractivity contribution in [2.75, 3.05) is 45.2 Å². The molecule has 3 rings (SSSR count). The molecule has 0 bridgehead atoms. The number of ether oxygens (including phenoxy) is 1. The van der Waals surface area contributed by atoms with Crippen LogP contribution >= 0.6 is 0 Å². The van der Waals surface area contributed by atoms with Gasteiger partial charge in [-0.25, -0.2) is 13.2 Å². The molecule has 1 amide bonds. The normalized spacial score (nSPS) is 15.7. The Kier molecular flexibility index (Phi) is 6.54. The highest BCUT2D eigenvalue weighted by Gasteiger charge is 2.30. The number of methoxy groups -OCH3 is 1. The van der Waals surface area contributed by atoms with Crippen LogP contribution in [-0.2, 0) is 19.6 Å². The minimum atomic E-state index is -3.71. The largest absolute Gasteiger partial charge is 0.465 e. The van der Waals surface area contributed by atoms with Crippen molar-refractivity contribution in [3.8, 4) is 0 Å². The summed E-state index contributed by atoms with van der Waals surface area (Å²) in [7, 11) is -2.44. The molecule has 1 aromatic heterocycles. The number of nitrogens with zero attached hydrogens (tertiary/aromatic N) is 3. The number of piperazine rings is 1. The maximum absolute atomic E-state index is 13.0. The summed E-state index contributed by atoms with van der Waals surface area (Å²) in [6.45, 7) is 4.87. The second-order valence-corrected chi connectivity index (χ2v) is 8.93. The Hall–Kier alpha value is -2.76. The third-order valence-corrected chi connectivity index (χ3v) is 6.87. The van der Waals surface area contributed by atoms with E-state index in [4.69, 9.17) is 4.52 Å². The van der Waals surface area contributed by atoms with E-state index in [-0.39, 0.29) is 30.4 Å². The summed E-state index contributed by atoms with van der Waals surface area (Å²) in [5, 5.41) is 6.36. The number of aromatic nitrogens is 1. The van der Waals surface area contributed by atoms with Gasteiger partial charge in [0.2, 0.25) is 15.9 Å². The van der Waals surface area contributed by atoms with Crippen LogP contribution in [0.15, 0.2) is 33.7 Å². The second kappa shape index (κ2) is 8.94. The van der Waals surface area contributed by atoms with Crippen molar-refractivity contribution < 1.29 is 27.3 Å². The molecule has 1 aromatic carbocycles. The molecule has 2 aromatic rings. The average molecular weight is 436 g/mol. The van der Waals surface area contributed by atoms with Crippen molar-refractivity contribution >= 4 is 27.7 Å². The number of aryl methyl sites for hydroxylation is 2. The summed E-state index contributed by atoms with van der Waals surface area (Å²) in [4.78, 5) is 25.8. The van der Waals surface area contributed by atoms with E-state index in [1.165, 1.54) is 29.6 Å². The van der Waals surface area contributed by atoms with Crippen LogP contribution < -0.4 is 5.32 Å². The van der Waals surface area contributed by atoms with Gasteiger partial charge in [-0.2, -0.15) is 4.31 Å². The number of nitrogens with one attached hydrogen (secondary N) is 1. The Labute approximate surface area is 174 Å². The fourth-order valence-corrected chi connectivity index (χ4v) is 4.89. The van der Waals surface area contributed by atoms with E-state index in [1.807, 2.05) is 4.90 Å². The molecule has 10 nitrogen and oxygen atoms in total. The number of hydrogen-bond acceptors (Lipinski definition) is 8. The van der Waals surface area contributed by atoms with Crippen LogP contribution in [0.3, 0.4) is 0 Å². The topological polar surface area (TPSA) is 122 Å². The van der Waals surface area contributed by atoms with Crippen molar-refractivity contribution in [2.45, 2.75) is 18.7 Å². The lowest BCUT2D eigenvalue weighted by molar-refractivity contribution is -0.117. The van der Waals surface area contributed by atoms with Gasteiger partial charge in [-0.05, 0) is 37.6 Å². The Morgan fingerprint density at radius 3 is 2.43 bits per heavy atom.